The maximum Gasteiger partial charge on any atom is 0.335 e. The number of benzene rings is 1. The summed E-state index contributed by atoms with van der Waals surface area (Å²) >= 11 is 6.02. The summed E-state index contributed by atoms with van der Waals surface area (Å²) in [5, 5.41) is 15.7. The smallest absolute Gasteiger partial charge is 0.335 e. The van der Waals surface area contributed by atoms with Crippen LogP contribution in [0, 0.1) is 0 Å². The lowest BCUT2D eigenvalue weighted by Gasteiger charge is -2.02. The summed E-state index contributed by atoms with van der Waals surface area (Å²) < 4.78 is 0. The lowest BCUT2D eigenvalue weighted by molar-refractivity contribution is 0.0697. The van der Waals surface area contributed by atoms with Crippen LogP contribution in [0.1, 0.15) is 10.4 Å². The minimum atomic E-state index is -0.976. The predicted octanol–water partition coefficient (Wildman–Crippen LogP) is 2.37. The van der Waals surface area contributed by atoms with Gasteiger partial charge >= 0.3 is 5.97 Å². The van der Waals surface area contributed by atoms with E-state index in [1.165, 1.54) is 12.1 Å². The Morgan fingerprint density at radius 1 is 1.21 bits per heavy atom. The molecule has 3 rings (SSSR count). The van der Waals surface area contributed by atoms with Crippen LogP contribution in [0.4, 0.5) is 0 Å². The van der Waals surface area contributed by atoms with E-state index >= 15 is 0 Å². The number of aromatic amines is 1. The first-order chi connectivity index (χ1) is 9.15. The molecule has 0 saturated carbocycles. The number of nitrogens with zero attached hydrogens (tertiary/aromatic N) is 3. The topological polar surface area (TPSA) is 91.8 Å². The molecule has 2 heterocycles. The number of hydrogen-bond acceptors (Lipinski definition) is 4. The van der Waals surface area contributed by atoms with Crippen molar-refractivity contribution in [3.63, 3.8) is 0 Å². The summed E-state index contributed by atoms with van der Waals surface area (Å²) in [5.74, 6) is -0.549. The van der Waals surface area contributed by atoms with Gasteiger partial charge in [0.25, 0.3) is 0 Å². The molecule has 0 spiro atoms. The van der Waals surface area contributed by atoms with Gasteiger partial charge in [-0.15, -0.1) is 0 Å². The third-order valence-electron chi connectivity index (χ3n) is 2.65. The second kappa shape index (κ2) is 4.33. The molecule has 0 fully saturated rings. The fourth-order valence-corrected chi connectivity index (χ4v) is 1.91. The molecule has 7 heteroatoms. The van der Waals surface area contributed by atoms with E-state index in [1.54, 1.807) is 18.3 Å². The monoisotopic (exact) mass is 274 g/mol. The van der Waals surface area contributed by atoms with Gasteiger partial charge in [-0.25, -0.2) is 14.8 Å². The highest BCUT2D eigenvalue weighted by Crippen LogP contribution is 2.23. The van der Waals surface area contributed by atoms with Crippen LogP contribution in [0.15, 0.2) is 30.5 Å². The van der Waals surface area contributed by atoms with Crippen molar-refractivity contribution in [3.05, 3.63) is 41.2 Å². The van der Waals surface area contributed by atoms with Crippen molar-refractivity contribution in [1.29, 1.82) is 0 Å². The summed E-state index contributed by atoms with van der Waals surface area (Å²) in [7, 11) is 0. The fraction of sp³-hybridized carbons (Fsp3) is 0. The first-order valence-electron chi connectivity index (χ1n) is 5.35. The predicted molar refractivity (Wildman–Crippen MR) is 69.1 cm³/mol. The molecule has 0 unspecified atom stereocenters. The SMILES string of the molecule is O=C(O)c1ccc(-c2nc(Cl)c3[nH]ncc3n2)cc1. The third-order valence-corrected chi connectivity index (χ3v) is 2.92. The van der Waals surface area contributed by atoms with E-state index in [1.807, 2.05) is 0 Å². The van der Waals surface area contributed by atoms with E-state index < -0.39 is 5.97 Å². The van der Waals surface area contributed by atoms with Crippen molar-refractivity contribution in [2.24, 2.45) is 0 Å². The van der Waals surface area contributed by atoms with Gasteiger partial charge in [0.05, 0.1) is 11.8 Å². The molecule has 0 aliphatic carbocycles. The van der Waals surface area contributed by atoms with Gasteiger partial charge in [-0.05, 0) is 12.1 Å². The van der Waals surface area contributed by atoms with Crippen LogP contribution in [0.2, 0.25) is 5.15 Å². The largest absolute Gasteiger partial charge is 0.478 e. The number of H-pyrrole nitrogens is 1. The van der Waals surface area contributed by atoms with E-state index in [0.717, 1.165) is 0 Å². The number of carbonyl (C=O) groups is 1. The molecular formula is C12H7ClN4O2. The molecule has 6 nitrogen and oxygen atoms in total. The lowest BCUT2D eigenvalue weighted by atomic mass is 10.1. The molecular weight excluding hydrogens is 268 g/mol. The van der Waals surface area contributed by atoms with E-state index in [9.17, 15) is 4.79 Å². The van der Waals surface area contributed by atoms with Crippen molar-refractivity contribution in [3.8, 4) is 11.4 Å². The van der Waals surface area contributed by atoms with Crippen molar-refractivity contribution >= 4 is 28.6 Å². The molecule has 0 amide bonds. The van der Waals surface area contributed by atoms with E-state index in [4.69, 9.17) is 16.7 Å². The number of halogens is 1. The van der Waals surface area contributed by atoms with Crippen LogP contribution in [-0.4, -0.2) is 31.2 Å². The van der Waals surface area contributed by atoms with E-state index in [-0.39, 0.29) is 10.7 Å². The zero-order valence-electron chi connectivity index (χ0n) is 9.46. The Morgan fingerprint density at radius 2 is 1.95 bits per heavy atom. The number of hydrogen-bond donors (Lipinski definition) is 2. The molecule has 0 aliphatic rings. The van der Waals surface area contributed by atoms with E-state index in [0.29, 0.717) is 22.4 Å². The standard InChI is InChI=1S/C12H7ClN4O2/c13-10-9-8(5-14-17-9)15-11(16-10)6-1-3-7(4-2-6)12(18)19/h1-5H,(H,14,17)(H,18,19). The van der Waals surface area contributed by atoms with Crippen LogP contribution in [0.5, 0.6) is 0 Å². The second-order valence-corrected chi connectivity index (χ2v) is 4.21. The molecule has 19 heavy (non-hydrogen) atoms. The fourth-order valence-electron chi connectivity index (χ4n) is 1.70. The van der Waals surface area contributed by atoms with Crippen LogP contribution < -0.4 is 0 Å². The van der Waals surface area contributed by atoms with Crippen molar-refractivity contribution in [2.75, 3.05) is 0 Å². The lowest BCUT2D eigenvalue weighted by Crippen LogP contribution is -1.96. The average molecular weight is 275 g/mol. The molecule has 0 radical (unpaired) electrons. The van der Waals surface area contributed by atoms with Gasteiger partial charge < -0.3 is 5.11 Å². The van der Waals surface area contributed by atoms with Gasteiger partial charge in [-0.1, -0.05) is 23.7 Å². The van der Waals surface area contributed by atoms with Gasteiger partial charge in [-0.2, -0.15) is 5.10 Å². The zero-order chi connectivity index (χ0) is 13.4. The highest BCUT2D eigenvalue weighted by molar-refractivity contribution is 6.33. The van der Waals surface area contributed by atoms with Gasteiger partial charge in [0, 0.05) is 5.56 Å². The number of rotatable bonds is 2. The Balaban J connectivity index is 2.10. The Kier molecular flexibility index (Phi) is 2.64. The van der Waals surface area contributed by atoms with Crippen molar-refractivity contribution < 1.29 is 9.90 Å². The Bertz CT molecular complexity index is 767. The normalized spacial score (nSPS) is 10.8. The van der Waals surface area contributed by atoms with Crippen LogP contribution in [0.3, 0.4) is 0 Å². The molecule has 0 aliphatic heterocycles. The van der Waals surface area contributed by atoms with Crippen LogP contribution in [0.25, 0.3) is 22.4 Å². The molecule has 1 aromatic carbocycles. The summed E-state index contributed by atoms with van der Waals surface area (Å²) in [6, 6.07) is 6.27. The molecule has 2 aromatic heterocycles. The molecule has 0 atom stereocenters. The van der Waals surface area contributed by atoms with Crippen molar-refractivity contribution in [1.82, 2.24) is 20.2 Å². The molecule has 0 bridgehead atoms. The van der Waals surface area contributed by atoms with Crippen LogP contribution >= 0.6 is 11.6 Å². The Hall–Kier alpha value is -2.47. The van der Waals surface area contributed by atoms with Gasteiger partial charge in [-0.3, -0.25) is 5.10 Å². The van der Waals surface area contributed by atoms with Gasteiger partial charge in [0.15, 0.2) is 11.0 Å². The molecule has 0 saturated heterocycles. The first kappa shape index (κ1) is 11.6. The number of carboxylic acids is 1. The zero-order valence-corrected chi connectivity index (χ0v) is 10.2. The second-order valence-electron chi connectivity index (χ2n) is 3.85. The van der Waals surface area contributed by atoms with Gasteiger partial charge in [0.2, 0.25) is 0 Å². The number of fused-ring (bicyclic) bond motifs is 1. The molecule has 3 aromatic rings. The van der Waals surface area contributed by atoms with E-state index in [2.05, 4.69) is 20.2 Å². The van der Waals surface area contributed by atoms with Gasteiger partial charge in [0.1, 0.15) is 11.0 Å². The number of carboxylic acid groups (broad SMARTS) is 1. The third kappa shape index (κ3) is 2.02. The summed E-state index contributed by atoms with van der Waals surface area (Å²) in [4.78, 5) is 19.2. The summed E-state index contributed by atoms with van der Waals surface area (Å²) in [6.45, 7) is 0. The number of nitrogens with one attached hydrogen (secondary N) is 1. The quantitative estimate of drug-likeness (QED) is 0.700. The minimum Gasteiger partial charge on any atom is -0.478 e. The number of aromatic carboxylic acids is 1. The maximum atomic E-state index is 10.8. The minimum absolute atomic E-state index is 0.208. The Labute approximate surface area is 112 Å². The molecule has 2 N–H and O–H groups in total. The number of aromatic nitrogens is 4. The maximum absolute atomic E-state index is 10.8. The summed E-state index contributed by atoms with van der Waals surface area (Å²) in [5.41, 5.74) is 2.08. The summed E-state index contributed by atoms with van der Waals surface area (Å²) in [6.07, 6.45) is 1.55. The van der Waals surface area contributed by atoms with Crippen LogP contribution in [-0.2, 0) is 0 Å². The molecule has 94 valence electrons. The Morgan fingerprint density at radius 3 is 2.63 bits per heavy atom. The highest BCUT2D eigenvalue weighted by atomic mass is 35.5. The highest BCUT2D eigenvalue weighted by Gasteiger charge is 2.10. The first-order valence-corrected chi connectivity index (χ1v) is 5.73. The average Bonchev–Trinajstić information content (AvgIpc) is 2.87. The van der Waals surface area contributed by atoms with Crippen molar-refractivity contribution in [2.45, 2.75) is 0 Å².